The van der Waals surface area contributed by atoms with Gasteiger partial charge in [0.25, 0.3) is 5.91 Å². The van der Waals surface area contributed by atoms with Gasteiger partial charge in [-0.1, -0.05) is 6.07 Å². The van der Waals surface area contributed by atoms with Crippen molar-refractivity contribution < 1.29 is 23.7 Å². The number of anilines is 1. The molecule has 0 radical (unpaired) electrons. The van der Waals surface area contributed by atoms with Gasteiger partial charge < -0.3 is 24.3 Å². The number of hydrogen-bond donors (Lipinski definition) is 2. The van der Waals surface area contributed by atoms with Crippen molar-refractivity contribution >= 4 is 17.6 Å². The molecule has 1 heterocycles. The molecule has 1 amide bonds. The van der Waals surface area contributed by atoms with Crippen LogP contribution < -0.4 is 29.6 Å². The number of ether oxygens (including phenoxy) is 4. The maximum atomic E-state index is 13.1. The number of nitrogens with zero attached hydrogens (tertiary/aromatic N) is 2. The molecule has 0 spiro atoms. The lowest BCUT2D eigenvalue weighted by Crippen LogP contribution is -2.36. The lowest BCUT2D eigenvalue weighted by Gasteiger charge is -2.15. The number of amides is 1. The lowest BCUT2D eigenvalue weighted by molar-refractivity contribution is 0.0976. The summed E-state index contributed by atoms with van der Waals surface area (Å²) in [4.78, 5) is 21.7. The van der Waals surface area contributed by atoms with E-state index in [-0.39, 0.29) is 5.96 Å². The Morgan fingerprint density at radius 2 is 1.61 bits per heavy atom. The molecule has 0 aliphatic rings. The number of guanidine groups is 1. The Bertz CT molecular complexity index is 1090. The molecule has 9 heteroatoms. The van der Waals surface area contributed by atoms with Crippen LogP contribution in [-0.4, -0.2) is 45.3 Å². The standard InChI is InChI=1S/C24H26N4O5/c1-30-19-7-5-6-18(14-19)27-24(26-15-16-8-10-25-11-9-16)28-23(29)17-12-20(31-2)22(33-4)21(13-17)32-3/h5-14H,15H2,1-4H3,(H2,26,27,28,29). The third-order valence-corrected chi connectivity index (χ3v) is 4.66. The summed E-state index contributed by atoms with van der Waals surface area (Å²) < 4.78 is 21.3. The Kier molecular flexibility index (Phi) is 8.07. The van der Waals surface area contributed by atoms with E-state index in [2.05, 4.69) is 20.6 Å². The highest BCUT2D eigenvalue weighted by Crippen LogP contribution is 2.38. The Labute approximate surface area is 192 Å². The number of methoxy groups -OCH3 is 4. The van der Waals surface area contributed by atoms with Crippen molar-refractivity contribution in [2.45, 2.75) is 6.54 Å². The van der Waals surface area contributed by atoms with Crippen LogP contribution in [0.2, 0.25) is 0 Å². The van der Waals surface area contributed by atoms with Gasteiger partial charge in [-0.05, 0) is 42.0 Å². The van der Waals surface area contributed by atoms with Crippen LogP contribution in [0.15, 0.2) is 65.9 Å². The first-order valence-electron chi connectivity index (χ1n) is 10.0. The van der Waals surface area contributed by atoms with Crippen LogP contribution in [0.1, 0.15) is 15.9 Å². The predicted molar refractivity (Wildman–Crippen MR) is 126 cm³/mol. The van der Waals surface area contributed by atoms with Crippen LogP contribution in [0.25, 0.3) is 0 Å². The first-order valence-corrected chi connectivity index (χ1v) is 10.0. The maximum absolute atomic E-state index is 13.1. The molecule has 0 fully saturated rings. The van der Waals surface area contributed by atoms with Gasteiger partial charge in [0.05, 0.1) is 35.0 Å². The number of carbonyl (C=O) groups is 1. The van der Waals surface area contributed by atoms with E-state index in [0.717, 1.165) is 5.56 Å². The fourth-order valence-electron chi connectivity index (χ4n) is 3.00. The molecule has 3 rings (SSSR count). The predicted octanol–water partition coefficient (Wildman–Crippen LogP) is 3.51. The second-order valence-electron chi connectivity index (χ2n) is 6.75. The highest BCUT2D eigenvalue weighted by molar-refractivity contribution is 6.10. The maximum Gasteiger partial charge on any atom is 0.258 e. The molecule has 0 bridgehead atoms. The van der Waals surface area contributed by atoms with Gasteiger partial charge in [0.15, 0.2) is 11.5 Å². The van der Waals surface area contributed by atoms with Crippen LogP contribution in [0.3, 0.4) is 0 Å². The second kappa shape index (κ2) is 11.4. The molecule has 0 saturated heterocycles. The minimum atomic E-state index is -0.405. The lowest BCUT2D eigenvalue weighted by atomic mass is 10.1. The molecule has 2 N–H and O–H groups in total. The molecule has 33 heavy (non-hydrogen) atoms. The van der Waals surface area contributed by atoms with Crippen LogP contribution >= 0.6 is 0 Å². The summed E-state index contributed by atoms with van der Waals surface area (Å²) in [7, 11) is 6.07. The minimum absolute atomic E-state index is 0.263. The molecule has 9 nitrogen and oxygen atoms in total. The van der Waals surface area contributed by atoms with Gasteiger partial charge in [0.1, 0.15) is 5.75 Å². The molecule has 0 atom stereocenters. The van der Waals surface area contributed by atoms with Crippen LogP contribution in [0, 0.1) is 0 Å². The molecular formula is C24H26N4O5. The van der Waals surface area contributed by atoms with E-state index in [1.807, 2.05) is 30.3 Å². The first kappa shape index (κ1) is 23.4. The highest BCUT2D eigenvalue weighted by atomic mass is 16.5. The van der Waals surface area contributed by atoms with E-state index < -0.39 is 5.91 Å². The minimum Gasteiger partial charge on any atom is -0.497 e. The van der Waals surface area contributed by atoms with Gasteiger partial charge in [-0.3, -0.25) is 15.1 Å². The van der Waals surface area contributed by atoms with E-state index in [0.29, 0.717) is 40.8 Å². The monoisotopic (exact) mass is 450 g/mol. The number of hydrogen-bond acceptors (Lipinski definition) is 7. The fraction of sp³-hybridized carbons (Fsp3) is 0.208. The Hall–Kier alpha value is -4.27. The van der Waals surface area contributed by atoms with E-state index >= 15 is 0 Å². The van der Waals surface area contributed by atoms with Crippen LogP contribution in [0.4, 0.5) is 5.69 Å². The van der Waals surface area contributed by atoms with Gasteiger partial charge in [0.2, 0.25) is 11.7 Å². The van der Waals surface area contributed by atoms with Crippen molar-refractivity contribution in [3.63, 3.8) is 0 Å². The van der Waals surface area contributed by atoms with Gasteiger partial charge in [-0.15, -0.1) is 0 Å². The Balaban J connectivity index is 1.89. The summed E-state index contributed by atoms with van der Waals surface area (Å²) in [5.41, 5.74) is 1.96. The zero-order valence-corrected chi connectivity index (χ0v) is 18.9. The van der Waals surface area contributed by atoms with Crippen molar-refractivity contribution in [2.24, 2.45) is 4.99 Å². The number of aromatic nitrogens is 1. The SMILES string of the molecule is COc1cccc(NC(=NCc2ccncc2)NC(=O)c2cc(OC)c(OC)c(OC)c2)c1. The fourth-order valence-corrected chi connectivity index (χ4v) is 3.00. The van der Waals surface area contributed by atoms with E-state index in [9.17, 15) is 4.79 Å². The average molecular weight is 450 g/mol. The molecule has 0 aliphatic heterocycles. The molecule has 1 aromatic heterocycles. The van der Waals surface area contributed by atoms with Crippen LogP contribution in [-0.2, 0) is 6.54 Å². The molecule has 2 aromatic carbocycles. The third kappa shape index (κ3) is 6.13. The van der Waals surface area contributed by atoms with Gasteiger partial charge in [-0.25, -0.2) is 4.99 Å². The summed E-state index contributed by atoms with van der Waals surface area (Å²) in [5, 5.41) is 5.96. The quantitative estimate of drug-likeness (QED) is 0.400. The van der Waals surface area contributed by atoms with Gasteiger partial charge >= 0.3 is 0 Å². The summed E-state index contributed by atoms with van der Waals surface area (Å²) in [6.45, 7) is 0.338. The number of benzene rings is 2. The highest BCUT2D eigenvalue weighted by Gasteiger charge is 2.18. The summed E-state index contributed by atoms with van der Waals surface area (Å²) in [5.74, 6) is 1.68. The normalized spacial score (nSPS) is 10.8. The van der Waals surface area contributed by atoms with E-state index in [1.165, 1.54) is 21.3 Å². The summed E-state index contributed by atoms with van der Waals surface area (Å²) in [6, 6.07) is 14.2. The first-order chi connectivity index (χ1) is 16.1. The Morgan fingerprint density at radius 3 is 2.21 bits per heavy atom. The van der Waals surface area contributed by atoms with Gasteiger partial charge in [-0.2, -0.15) is 0 Å². The van der Waals surface area contributed by atoms with E-state index in [4.69, 9.17) is 18.9 Å². The topological polar surface area (TPSA) is 103 Å². The summed E-state index contributed by atoms with van der Waals surface area (Å²) >= 11 is 0. The second-order valence-corrected chi connectivity index (χ2v) is 6.75. The molecule has 172 valence electrons. The van der Waals surface area contributed by atoms with Crippen LogP contribution in [0.5, 0.6) is 23.0 Å². The molecule has 3 aromatic rings. The Morgan fingerprint density at radius 1 is 0.909 bits per heavy atom. The summed E-state index contributed by atoms with van der Waals surface area (Å²) in [6.07, 6.45) is 3.38. The van der Waals surface area contributed by atoms with Crippen molar-refractivity contribution in [3.8, 4) is 23.0 Å². The van der Waals surface area contributed by atoms with Crippen molar-refractivity contribution in [1.29, 1.82) is 0 Å². The molecule has 0 saturated carbocycles. The smallest absolute Gasteiger partial charge is 0.258 e. The largest absolute Gasteiger partial charge is 0.497 e. The van der Waals surface area contributed by atoms with Crippen molar-refractivity contribution in [2.75, 3.05) is 33.8 Å². The zero-order valence-electron chi connectivity index (χ0n) is 18.9. The zero-order chi connectivity index (χ0) is 23.6. The number of rotatable bonds is 8. The van der Waals surface area contributed by atoms with Crippen molar-refractivity contribution in [1.82, 2.24) is 10.3 Å². The molecular weight excluding hydrogens is 424 g/mol. The van der Waals surface area contributed by atoms with Crippen molar-refractivity contribution in [3.05, 3.63) is 72.1 Å². The number of aliphatic imine (C=N–C) groups is 1. The number of carbonyl (C=O) groups excluding carboxylic acids is 1. The third-order valence-electron chi connectivity index (χ3n) is 4.66. The average Bonchev–Trinajstić information content (AvgIpc) is 2.86. The molecule has 0 unspecified atom stereocenters. The van der Waals surface area contributed by atoms with Gasteiger partial charge in [0, 0.05) is 29.7 Å². The number of pyridine rings is 1. The number of nitrogens with one attached hydrogen (secondary N) is 2. The van der Waals surface area contributed by atoms with E-state index in [1.54, 1.807) is 37.7 Å². The molecule has 0 aliphatic carbocycles.